The van der Waals surface area contributed by atoms with Gasteiger partial charge >= 0.3 is 0 Å². The molecule has 3 aromatic rings. The molecule has 1 atom stereocenters. The van der Waals surface area contributed by atoms with Crippen LogP contribution in [0.25, 0.3) is 11.0 Å². The Bertz CT molecular complexity index is 1180. The fourth-order valence-electron chi connectivity index (χ4n) is 5.44. The number of rotatable bonds is 6. The van der Waals surface area contributed by atoms with Crippen LogP contribution in [0, 0.1) is 18.3 Å². The number of aryl methyl sites for hydroxylation is 1. The highest BCUT2D eigenvalue weighted by Crippen LogP contribution is 2.48. The lowest BCUT2D eigenvalue weighted by molar-refractivity contribution is -0.136. The lowest BCUT2D eigenvalue weighted by Crippen LogP contribution is -2.46. The summed E-state index contributed by atoms with van der Waals surface area (Å²) in [5.41, 5.74) is 1.86. The van der Waals surface area contributed by atoms with Gasteiger partial charge in [0, 0.05) is 25.6 Å². The van der Waals surface area contributed by atoms with Crippen molar-refractivity contribution < 1.29 is 14.1 Å². The van der Waals surface area contributed by atoms with Crippen LogP contribution in [0.1, 0.15) is 56.7 Å². The highest BCUT2D eigenvalue weighted by atomic mass is 16.5. The zero-order valence-corrected chi connectivity index (χ0v) is 20.6. The molecule has 2 aliphatic heterocycles. The van der Waals surface area contributed by atoms with E-state index in [0.29, 0.717) is 18.3 Å². The Morgan fingerprint density at radius 2 is 2.00 bits per heavy atom. The molecule has 4 heterocycles. The van der Waals surface area contributed by atoms with E-state index in [9.17, 15) is 9.59 Å². The summed E-state index contributed by atoms with van der Waals surface area (Å²) < 4.78 is 5.53. The number of imidazole rings is 1. The molecule has 2 aliphatic rings. The molecule has 2 amide bonds. The number of fused-ring (bicyclic) bond motifs is 1. The van der Waals surface area contributed by atoms with Crippen LogP contribution in [0.2, 0.25) is 0 Å². The van der Waals surface area contributed by atoms with Crippen LogP contribution in [0.15, 0.2) is 28.8 Å². The monoisotopic (exact) mass is 479 g/mol. The fourth-order valence-corrected chi connectivity index (χ4v) is 5.44. The highest BCUT2D eigenvalue weighted by molar-refractivity contribution is 5.79. The van der Waals surface area contributed by atoms with Gasteiger partial charge in [0.1, 0.15) is 5.82 Å². The molecule has 2 fully saturated rings. The van der Waals surface area contributed by atoms with Crippen LogP contribution in [0.5, 0.6) is 0 Å². The molecular weight excluding hydrogens is 446 g/mol. The van der Waals surface area contributed by atoms with Gasteiger partial charge in [-0.15, -0.1) is 0 Å². The highest BCUT2D eigenvalue weighted by Gasteiger charge is 2.48. The third-order valence-electron chi connectivity index (χ3n) is 7.30. The second kappa shape index (κ2) is 9.41. The number of para-hydroxylation sites is 2. The number of nitrogens with zero attached hydrogens (tertiary/aromatic N) is 5. The van der Waals surface area contributed by atoms with Gasteiger partial charge in [-0.2, -0.15) is 4.98 Å². The van der Waals surface area contributed by atoms with Gasteiger partial charge in [0.05, 0.1) is 30.2 Å². The molecule has 35 heavy (non-hydrogen) atoms. The smallest absolute Gasteiger partial charge is 0.244 e. The minimum Gasteiger partial charge on any atom is -0.348 e. The summed E-state index contributed by atoms with van der Waals surface area (Å²) in [6, 6.07) is 7.69. The summed E-state index contributed by atoms with van der Waals surface area (Å²) in [5.74, 6) is 2.02. The van der Waals surface area contributed by atoms with E-state index < -0.39 is 0 Å². The van der Waals surface area contributed by atoms with E-state index in [1.807, 2.05) is 43.0 Å². The molecule has 0 aliphatic carbocycles. The number of hydrogen-bond donors (Lipinski definition) is 2. The molecular formula is C25H33N7O3. The van der Waals surface area contributed by atoms with Crippen LogP contribution in [-0.4, -0.2) is 67.9 Å². The average molecular weight is 480 g/mol. The Kier molecular flexibility index (Phi) is 6.31. The molecule has 10 nitrogen and oxygen atoms in total. The van der Waals surface area contributed by atoms with Crippen molar-refractivity contribution in [2.45, 2.75) is 52.6 Å². The van der Waals surface area contributed by atoms with Crippen LogP contribution < -0.4 is 5.32 Å². The van der Waals surface area contributed by atoms with Gasteiger partial charge in [0.2, 0.25) is 17.7 Å². The van der Waals surface area contributed by atoms with Gasteiger partial charge < -0.3 is 19.7 Å². The number of nitrogens with one attached hydrogen (secondary N) is 2. The topological polar surface area (TPSA) is 120 Å². The molecule has 10 heteroatoms. The van der Waals surface area contributed by atoms with E-state index in [-0.39, 0.29) is 35.7 Å². The van der Waals surface area contributed by atoms with Gasteiger partial charge in [-0.3, -0.25) is 14.5 Å². The summed E-state index contributed by atoms with van der Waals surface area (Å²) in [4.78, 5) is 41.8. The normalized spacial score (nSPS) is 20.2. The van der Waals surface area contributed by atoms with Gasteiger partial charge in [0.15, 0.2) is 5.82 Å². The maximum Gasteiger partial charge on any atom is 0.244 e. The quantitative estimate of drug-likeness (QED) is 0.557. The molecule has 1 unspecified atom stereocenters. The first-order chi connectivity index (χ1) is 16.8. The van der Waals surface area contributed by atoms with Crippen molar-refractivity contribution in [1.82, 2.24) is 35.2 Å². The summed E-state index contributed by atoms with van der Waals surface area (Å²) in [6.45, 7) is 8.53. The van der Waals surface area contributed by atoms with Crippen molar-refractivity contribution >= 4 is 22.8 Å². The Hall–Kier alpha value is -3.27. The number of carbonyl (C=O) groups is 2. The number of aromatic amines is 1. The molecule has 1 aromatic carbocycles. The number of amides is 2. The molecule has 2 aromatic heterocycles. The second-order valence-electron chi connectivity index (χ2n) is 10.3. The number of likely N-dealkylation sites (tertiary alicyclic amines) is 2. The van der Waals surface area contributed by atoms with Crippen LogP contribution in [0.3, 0.4) is 0 Å². The first kappa shape index (κ1) is 23.5. The summed E-state index contributed by atoms with van der Waals surface area (Å²) in [6.07, 6.45) is 2.66. The first-order valence-corrected chi connectivity index (χ1v) is 12.4. The minimum absolute atomic E-state index is 0.00805. The maximum absolute atomic E-state index is 12.9. The summed E-state index contributed by atoms with van der Waals surface area (Å²) in [7, 11) is 0. The van der Waals surface area contributed by atoms with Crippen molar-refractivity contribution in [3.05, 3.63) is 41.8 Å². The molecule has 0 bridgehead atoms. The minimum atomic E-state index is -0.111. The maximum atomic E-state index is 12.9. The SMILES string of the molecule is Cc1noc(C2CC3(CCN(C(=O)C(C)C)CC3)CN2CC(=O)NCc2nc3ccccc3[nH]2)n1. The molecule has 2 saturated heterocycles. The molecule has 5 rings (SSSR count). The van der Waals surface area contributed by atoms with Crippen molar-refractivity contribution in [2.75, 3.05) is 26.2 Å². The lowest BCUT2D eigenvalue weighted by Gasteiger charge is -2.40. The van der Waals surface area contributed by atoms with Crippen LogP contribution in [0.4, 0.5) is 0 Å². The van der Waals surface area contributed by atoms with E-state index >= 15 is 0 Å². The largest absolute Gasteiger partial charge is 0.348 e. The molecule has 0 saturated carbocycles. The Balaban J connectivity index is 1.25. The molecule has 2 N–H and O–H groups in total. The third-order valence-corrected chi connectivity index (χ3v) is 7.30. The number of aromatic nitrogens is 4. The summed E-state index contributed by atoms with van der Waals surface area (Å²) in [5, 5.41) is 6.98. The number of hydrogen-bond acceptors (Lipinski definition) is 7. The summed E-state index contributed by atoms with van der Waals surface area (Å²) >= 11 is 0. The van der Waals surface area contributed by atoms with E-state index in [1.165, 1.54) is 0 Å². The Morgan fingerprint density at radius 3 is 2.69 bits per heavy atom. The van der Waals surface area contributed by atoms with Crippen LogP contribution >= 0.6 is 0 Å². The van der Waals surface area contributed by atoms with Crippen molar-refractivity contribution in [3.63, 3.8) is 0 Å². The third kappa shape index (κ3) is 4.93. The fraction of sp³-hybridized carbons (Fsp3) is 0.560. The van der Waals surface area contributed by atoms with Gasteiger partial charge in [-0.25, -0.2) is 4.98 Å². The van der Waals surface area contributed by atoms with Crippen molar-refractivity contribution in [2.24, 2.45) is 11.3 Å². The standard InChI is InChI=1S/C25H33N7O3/c1-16(2)24(34)31-10-8-25(9-11-31)12-20(23-27-17(3)30-35-23)32(15-25)14-22(33)26-13-21-28-18-6-4-5-7-19(18)29-21/h4-7,16,20H,8-15H2,1-3H3,(H,26,33)(H,28,29). The second-order valence-corrected chi connectivity index (χ2v) is 10.3. The number of carbonyl (C=O) groups excluding carboxylic acids is 2. The Morgan fingerprint density at radius 1 is 1.23 bits per heavy atom. The first-order valence-electron chi connectivity index (χ1n) is 12.4. The van der Waals surface area contributed by atoms with E-state index in [2.05, 4.69) is 30.3 Å². The molecule has 0 radical (unpaired) electrons. The zero-order valence-electron chi connectivity index (χ0n) is 20.6. The number of piperidine rings is 1. The Labute approximate surface area is 204 Å². The van der Waals surface area contributed by atoms with Crippen molar-refractivity contribution in [3.8, 4) is 0 Å². The lowest BCUT2D eigenvalue weighted by atomic mass is 9.76. The predicted molar refractivity (Wildman–Crippen MR) is 129 cm³/mol. The van der Waals surface area contributed by atoms with E-state index in [4.69, 9.17) is 4.52 Å². The van der Waals surface area contributed by atoms with Gasteiger partial charge in [-0.05, 0) is 43.7 Å². The van der Waals surface area contributed by atoms with Crippen molar-refractivity contribution in [1.29, 1.82) is 0 Å². The predicted octanol–water partition coefficient (Wildman–Crippen LogP) is 2.58. The molecule has 186 valence electrons. The number of H-pyrrole nitrogens is 1. The van der Waals surface area contributed by atoms with Crippen LogP contribution in [-0.2, 0) is 16.1 Å². The number of benzene rings is 1. The van der Waals surface area contributed by atoms with Gasteiger partial charge in [-0.1, -0.05) is 31.1 Å². The van der Waals surface area contributed by atoms with E-state index in [1.54, 1.807) is 6.92 Å². The van der Waals surface area contributed by atoms with E-state index in [0.717, 1.165) is 55.8 Å². The van der Waals surface area contributed by atoms with Gasteiger partial charge in [0.25, 0.3) is 0 Å². The zero-order chi connectivity index (χ0) is 24.6. The molecule has 1 spiro atoms. The average Bonchev–Trinajstić information content (AvgIpc) is 3.54.